The number of aryl methyl sites for hydroxylation is 1. The Labute approximate surface area is 155 Å². The minimum absolute atomic E-state index is 0.250. The van der Waals surface area contributed by atoms with Crippen molar-refractivity contribution >= 4 is 5.69 Å². The normalized spacial score (nSPS) is 17.5. The predicted octanol–water partition coefficient (Wildman–Crippen LogP) is 5.34. The van der Waals surface area contributed by atoms with Crippen LogP contribution in [0.2, 0.25) is 0 Å². The van der Waals surface area contributed by atoms with Gasteiger partial charge in [-0.2, -0.15) is 13.2 Å². The molecule has 6 heteroatoms. The third-order valence-corrected chi connectivity index (χ3v) is 4.73. The maximum Gasteiger partial charge on any atom is 0.416 e. The lowest BCUT2D eigenvalue weighted by molar-refractivity contribution is -0.137. The summed E-state index contributed by atoms with van der Waals surface area (Å²) in [6.45, 7) is 3.41. The van der Waals surface area contributed by atoms with E-state index in [1.54, 1.807) is 16.8 Å². The number of aromatic nitrogens is 1. The number of nitrogens with zero attached hydrogens (tertiary/aromatic N) is 2. The van der Waals surface area contributed by atoms with Crippen LogP contribution in [0.4, 0.5) is 18.9 Å². The van der Waals surface area contributed by atoms with Gasteiger partial charge in [-0.3, -0.25) is 0 Å². The van der Waals surface area contributed by atoms with Gasteiger partial charge in [0.05, 0.1) is 12.2 Å². The van der Waals surface area contributed by atoms with E-state index in [1.165, 1.54) is 11.6 Å². The highest BCUT2D eigenvalue weighted by Gasteiger charge is 2.31. The Morgan fingerprint density at radius 2 is 1.78 bits per heavy atom. The summed E-state index contributed by atoms with van der Waals surface area (Å²) in [5.74, 6) is 0. The Morgan fingerprint density at radius 3 is 2.52 bits per heavy atom. The second kappa shape index (κ2) is 6.78. The number of halogens is 3. The van der Waals surface area contributed by atoms with Gasteiger partial charge in [-0.1, -0.05) is 23.8 Å². The molecule has 1 fully saturated rings. The molecule has 1 atom stereocenters. The van der Waals surface area contributed by atoms with Crippen LogP contribution in [0.25, 0.3) is 5.69 Å². The van der Waals surface area contributed by atoms with Crippen LogP contribution in [0, 0.1) is 6.92 Å². The molecule has 1 aliphatic rings. The molecule has 0 unspecified atom stereocenters. The van der Waals surface area contributed by atoms with Gasteiger partial charge in [-0.05, 0) is 43.3 Å². The van der Waals surface area contributed by atoms with Crippen LogP contribution in [-0.2, 0) is 10.9 Å². The molecular formula is C21H19F3N2O. The molecule has 1 aromatic heterocycles. The van der Waals surface area contributed by atoms with Gasteiger partial charge in [0.1, 0.15) is 0 Å². The van der Waals surface area contributed by atoms with E-state index in [0.717, 1.165) is 29.9 Å². The third kappa shape index (κ3) is 3.57. The lowest BCUT2D eigenvalue weighted by Gasteiger charge is -2.24. The SMILES string of the molecule is Cc1ccc(N2CCO[C@@H]2c2ccn(-c3cccc(C(F)(F)F)c3)c2)cc1. The van der Waals surface area contributed by atoms with Gasteiger partial charge in [0.2, 0.25) is 0 Å². The first kappa shape index (κ1) is 17.7. The number of rotatable bonds is 3. The van der Waals surface area contributed by atoms with Crippen LogP contribution in [-0.4, -0.2) is 17.7 Å². The first-order valence-electron chi connectivity index (χ1n) is 8.72. The van der Waals surface area contributed by atoms with Gasteiger partial charge in [-0.15, -0.1) is 0 Å². The number of ether oxygens (including phenoxy) is 1. The van der Waals surface area contributed by atoms with Gasteiger partial charge in [-0.25, -0.2) is 0 Å². The zero-order valence-corrected chi connectivity index (χ0v) is 14.8. The summed E-state index contributed by atoms with van der Waals surface area (Å²) < 4.78 is 46.5. The fourth-order valence-corrected chi connectivity index (χ4v) is 3.31. The van der Waals surface area contributed by atoms with Crippen LogP contribution in [0.3, 0.4) is 0 Å². The number of hydrogen-bond acceptors (Lipinski definition) is 2. The standard InChI is InChI=1S/C21H19F3N2O/c1-15-5-7-18(8-6-15)26-11-12-27-20(26)16-9-10-25(14-16)19-4-2-3-17(13-19)21(22,23)24/h2-10,13-14,20H,11-12H2,1H3/t20-/m1/s1. The third-order valence-electron chi connectivity index (χ3n) is 4.73. The average molecular weight is 372 g/mol. The average Bonchev–Trinajstić information content (AvgIpc) is 3.31. The Morgan fingerprint density at radius 1 is 1.00 bits per heavy atom. The van der Waals surface area contributed by atoms with Gasteiger partial charge >= 0.3 is 6.18 Å². The summed E-state index contributed by atoms with van der Waals surface area (Å²) in [4.78, 5) is 2.16. The highest BCUT2D eigenvalue weighted by atomic mass is 19.4. The predicted molar refractivity (Wildman–Crippen MR) is 98.0 cm³/mol. The second-order valence-electron chi connectivity index (χ2n) is 6.65. The van der Waals surface area contributed by atoms with E-state index in [4.69, 9.17) is 4.74 Å². The molecule has 0 spiro atoms. The van der Waals surface area contributed by atoms with Gasteiger partial charge in [0, 0.05) is 35.9 Å². The molecule has 140 valence electrons. The Bertz CT molecular complexity index is 931. The molecular weight excluding hydrogens is 353 g/mol. The molecule has 4 rings (SSSR count). The van der Waals surface area contributed by atoms with Crippen molar-refractivity contribution in [2.75, 3.05) is 18.1 Å². The van der Waals surface area contributed by atoms with Crippen molar-refractivity contribution in [2.24, 2.45) is 0 Å². The van der Waals surface area contributed by atoms with Gasteiger partial charge in [0.15, 0.2) is 6.23 Å². The first-order valence-corrected chi connectivity index (χ1v) is 8.72. The van der Waals surface area contributed by atoms with E-state index in [1.807, 2.05) is 19.2 Å². The smallest absolute Gasteiger partial charge is 0.352 e. The molecule has 0 radical (unpaired) electrons. The highest BCUT2D eigenvalue weighted by molar-refractivity contribution is 5.50. The molecule has 2 heterocycles. The summed E-state index contributed by atoms with van der Waals surface area (Å²) in [7, 11) is 0. The summed E-state index contributed by atoms with van der Waals surface area (Å²) in [5, 5.41) is 0. The van der Waals surface area contributed by atoms with Crippen molar-refractivity contribution in [3.05, 3.63) is 83.7 Å². The van der Waals surface area contributed by atoms with E-state index < -0.39 is 11.7 Å². The lowest BCUT2D eigenvalue weighted by Crippen LogP contribution is -2.22. The van der Waals surface area contributed by atoms with Crippen molar-refractivity contribution in [2.45, 2.75) is 19.3 Å². The summed E-state index contributed by atoms with van der Waals surface area (Å²) in [6.07, 6.45) is -1.02. The minimum atomic E-state index is -4.36. The van der Waals surface area contributed by atoms with Crippen molar-refractivity contribution in [3.63, 3.8) is 0 Å². The fourth-order valence-electron chi connectivity index (χ4n) is 3.31. The molecule has 2 aromatic carbocycles. The topological polar surface area (TPSA) is 17.4 Å². The zero-order valence-electron chi connectivity index (χ0n) is 14.8. The van der Waals surface area contributed by atoms with E-state index in [9.17, 15) is 13.2 Å². The van der Waals surface area contributed by atoms with Crippen molar-refractivity contribution in [1.82, 2.24) is 4.57 Å². The minimum Gasteiger partial charge on any atom is -0.352 e. The number of benzene rings is 2. The number of alkyl halides is 3. The van der Waals surface area contributed by atoms with Gasteiger partial charge < -0.3 is 14.2 Å². The summed E-state index contributed by atoms with van der Waals surface area (Å²) in [6, 6.07) is 15.4. The molecule has 27 heavy (non-hydrogen) atoms. The largest absolute Gasteiger partial charge is 0.416 e. The molecule has 0 bridgehead atoms. The maximum atomic E-state index is 13.0. The Balaban J connectivity index is 1.61. The first-order chi connectivity index (χ1) is 12.9. The van der Waals surface area contributed by atoms with Crippen molar-refractivity contribution < 1.29 is 17.9 Å². The van der Waals surface area contributed by atoms with E-state index in [0.29, 0.717) is 12.3 Å². The van der Waals surface area contributed by atoms with E-state index >= 15 is 0 Å². The molecule has 0 aliphatic carbocycles. The lowest BCUT2D eigenvalue weighted by atomic mass is 10.2. The second-order valence-corrected chi connectivity index (χ2v) is 6.65. The fraction of sp³-hybridized carbons (Fsp3) is 0.238. The number of hydrogen-bond donors (Lipinski definition) is 0. The van der Waals surface area contributed by atoms with E-state index in [-0.39, 0.29) is 6.23 Å². The van der Waals surface area contributed by atoms with Crippen molar-refractivity contribution in [1.29, 1.82) is 0 Å². The van der Waals surface area contributed by atoms with Crippen LogP contribution < -0.4 is 4.90 Å². The van der Waals surface area contributed by atoms with Gasteiger partial charge in [0.25, 0.3) is 0 Å². The highest BCUT2D eigenvalue weighted by Crippen LogP contribution is 2.34. The summed E-state index contributed by atoms with van der Waals surface area (Å²) >= 11 is 0. The monoisotopic (exact) mass is 372 g/mol. The molecule has 0 N–H and O–H groups in total. The zero-order chi connectivity index (χ0) is 19.0. The molecule has 1 saturated heterocycles. The quantitative estimate of drug-likeness (QED) is 0.617. The molecule has 3 aromatic rings. The van der Waals surface area contributed by atoms with Crippen LogP contribution >= 0.6 is 0 Å². The Kier molecular flexibility index (Phi) is 4.44. The Hall–Kier alpha value is -2.73. The molecule has 3 nitrogen and oxygen atoms in total. The number of anilines is 1. The van der Waals surface area contributed by atoms with Crippen LogP contribution in [0.1, 0.15) is 22.9 Å². The maximum absolute atomic E-state index is 13.0. The van der Waals surface area contributed by atoms with Crippen LogP contribution in [0.5, 0.6) is 0 Å². The summed E-state index contributed by atoms with van der Waals surface area (Å²) in [5.41, 5.74) is 2.97. The molecule has 0 amide bonds. The van der Waals surface area contributed by atoms with E-state index in [2.05, 4.69) is 29.2 Å². The molecule has 0 saturated carbocycles. The molecule has 1 aliphatic heterocycles. The van der Waals surface area contributed by atoms with Crippen LogP contribution in [0.15, 0.2) is 67.0 Å². The van der Waals surface area contributed by atoms with Crippen molar-refractivity contribution in [3.8, 4) is 5.69 Å².